The Bertz CT molecular complexity index is 664. The van der Waals surface area contributed by atoms with Crippen LogP contribution in [0.4, 0.5) is 13.2 Å². The standard InChI is InChI=1S/C18H25F3N2O5/c1-9(28-17(2)6-7-17)12(22-16(27)18(19,20)21)14(24)23-8-10-4-3-5-11(10)13(23)15(25)26/h9-13H,3-8H2,1-2H3,(H,22,27)(H,25,26)/t9-,10+,11+,12+,13+/m1/s1. The Morgan fingerprint density at radius 2 is 1.89 bits per heavy atom. The summed E-state index contributed by atoms with van der Waals surface area (Å²) in [5, 5.41) is 11.4. The first-order valence-electron chi connectivity index (χ1n) is 9.52. The summed E-state index contributed by atoms with van der Waals surface area (Å²) in [6.45, 7) is 3.37. The zero-order valence-electron chi connectivity index (χ0n) is 15.8. The van der Waals surface area contributed by atoms with Crippen molar-refractivity contribution in [3.05, 3.63) is 0 Å². The van der Waals surface area contributed by atoms with Crippen LogP contribution < -0.4 is 5.32 Å². The molecule has 2 saturated carbocycles. The molecule has 0 aromatic rings. The number of carboxylic acid groups (broad SMARTS) is 1. The maximum atomic E-state index is 13.1. The Hall–Kier alpha value is -1.84. The lowest BCUT2D eigenvalue weighted by Crippen LogP contribution is -2.59. The summed E-state index contributed by atoms with van der Waals surface area (Å²) in [6.07, 6.45) is -2.46. The predicted octanol–water partition coefficient (Wildman–Crippen LogP) is 1.70. The molecule has 0 radical (unpaired) electrons. The molecule has 3 rings (SSSR count). The summed E-state index contributed by atoms with van der Waals surface area (Å²) >= 11 is 0. The molecule has 2 N–H and O–H groups in total. The van der Waals surface area contributed by atoms with Gasteiger partial charge in [0.15, 0.2) is 0 Å². The minimum atomic E-state index is -5.16. The molecule has 0 unspecified atom stereocenters. The normalized spacial score (nSPS) is 30.5. The van der Waals surface area contributed by atoms with Gasteiger partial charge in [0.05, 0.1) is 11.7 Å². The van der Waals surface area contributed by atoms with Gasteiger partial charge in [-0.3, -0.25) is 9.59 Å². The summed E-state index contributed by atoms with van der Waals surface area (Å²) < 4.78 is 44.1. The van der Waals surface area contributed by atoms with Gasteiger partial charge >= 0.3 is 18.1 Å². The molecule has 3 aliphatic rings. The van der Waals surface area contributed by atoms with E-state index in [1.54, 1.807) is 12.2 Å². The number of likely N-dealkylation sites (tertiary alicyclic amines) is 1. The van der Waals surface area contributed by atoms with E-state index in [2.05, 4.69) is 0 Å². The largest absolute Gasteiger partial charge is 0.480 e. The molecule has 3 fully saturated rings. The van der Waals surface area contributed by atoms with Crippen molar-refractivity contribution in [1.29, 1.82) is 0 Å². The minimum Gasteiger partial charge on any atom is -0.480 e. The van der Waals surface area contributed by atoms with Crippen LogP contribution in [0.5, 0.6) is 0 Å². The minimum absolute atomic E-state index is 0.0150. The lowest BCUT2D eigenvalue weighted by atomic mass is 9.94. The molecule has 10 heteroatoms. The van der Waals surface area contributed by atoms with E-state index >= 15 is 0 Å². The number of fused-ring (bicyclic) bond motifs is 1. The Balaban J connectivity index is 1.82. The fraction of sp³-hybridized carbons (Fsp3) is 0.833. The molecule has 7 nitrogen and oxygen atoms in total. The first-order valence-corrected chi connectivity index (χ1v) is 9.52. The summed E-state index contributed by atoms with van der Waals surface area (Å²) in [7, 11) is 0. The average Bonchev–Trinajstić information content (AvgIpc) is 2.99. The van der Waals surface area contributed by atoms with Crippen LogP contribution in [0.25, 0.3) is 0 Å². The van der Waals surface area contributed by atoms with Crippen LogP contribution in [-0.2, 0) is 19.1 Å². The van der Waals surface area contributed by atoms with Crippen molar-refractivity contribution >= 4 is 17.8 Å². The second-order valence-corrected chi connectivity index (χ2v) is 8.35. The van der Waals surface area contributed by atoms with Crippen molar-refractivity contribution in [2.45, 2.75) is 75.9 Å². The van der Waals surface area contributed by atoms with E-state index in [-0.39, 0.29) is 18.4 Å². The van der Waals surface area contributed by atoms with Crippen molar-refractivity contribution in [3.63, 3.8) is 0 Å². The van der Waals surface area contributed by atoms with Gasteiger partial charge in [0.2, 0.25) is 5.91 Å². The summed E-state index contributed by atoms with van der Waals surface area (Å²) in [5.41, 5.74) is -0.533. The number of hydrogen-bond donors (Lipinski definition) is 2. The molecule has 5 atom stereocenters. The molecule has 0 spiro atoms. The summed E-state index contributed by atoms with van der Waals surface area (Å²) in [5.74, 6) is -4.45. The summed E-state index contributed by atoms with van der Waals surface area (Å²) in [6, 6.07) is -2.69. The van der Waals surface area contributed by atoms with Crippen LogP contribution >= 0.6 is 0 Å². The molecule has 0 aromatic carbocycles. The molecule has 28 heavy (non-hydrogen) atoms. The second-order valence-electron chi connectivity index (χ2n) is 8.35. The van der Waals surface area contributed by atoms with Crippen LogP contribution in [0.3, 0.4) is 0 Å². The third kappa shape index (κ3) is 4.11. The lowest BCUT2D eigenvalue weighted by Gasteiger charge is -2.33. The SMILES string of the molecule is C[C@@H](OC1(C)CC1)[C@H](NC(=O)C(F)(F)F)C(=O)N1C[C@@H]2CCC[C@@H]2[C@H]1C(=O)O. The van der Waals surface area contributed by atoms with Crippen molar-refractivity contribution in [2.24, 2.45) is 11.8 Å². The van der Waals surface area contributed by atoms with Crippen LogP contribution in [0.2, 0.25) is 0 Å². The van der Waals surface area contributed by atoms with Gasteiger partial charge in [0.1, 0.15) is 12.1 Å². The number of hydrogen-bond acceptors (Lipinski definition) is 4. The first-order chi connectivity index (χ1) is 12.9. The third-order valence-electron chi connectivity index (χ3n) is 6.13. The van der Waals surface area contributed by atoms with Crippen molar-refractivity contribution in [3.8, 4) is 0 Å². The van der Waals surface area contributed by atoms with Crippen LogP contribution in [-0.4, -0.2) is 64.3 Å². The van der Waals surface area contributed by atoms with Crippen LogP contribution in [0.15, 0.2) is 0 Å². The Labute approximate surface area is 160 Å². The Morgan fingerprint density at radius 1 is 1.25 bits per heavy atom. The molecule has 0 bridgehead atoms. The van der Waals surface area contributed by atoms with Gasteiger partial charge in [-0.05, 0) is 51.4 Å². The third-order valence-corrected chi connectivity index (χ3v) is 6.13. The maximum Gasteiger partial charge on any atom is 0.471 e. The number of ether oxygens (including phenoxy) is 1. The quantitative estimate of drug-likeness (QED) is 0.700. The van der Waals surface area contributed by atoms with Gasteiger partial charge in [-0.15, -0.1) is 0 Å². The molecule has 1 heterocycles. The molecule has 1 aliphatic heterocycles. The van der Waals surface area contributed by atoms with Gasteiger partial charge in [0.25, 0.3) is 0 Å². The fourth-order valence-electron chi connectivity index (χ4n) is 4.44. The molecule has 2 aliphatic carbocycles. The topological polar surface area (TPSA) is 95.9 Å². The number of amides is 2. The van der Waals surface area contributed by atoms with Gasteiger partial charge in [0, 0.05) is 6.54 Å². The number of carbonyl (C=O) groups excluding carboxylic acids is 2. The summed E-state index contributed by atoms with van der Waals surface area (Å²) in [4.78, 5) is 37.5. The van der Waals surface area contributed by atoms with E-state index in [0.29, 0.717) is 19.3 Å². The van der Waals surface area contributed by atoms with Gasteiger partial charge in [-0.1, -0.05) is 6.42 Å². The highest BCUT2D eigenvalue weighted by molar-refractivity contribution is 5.92. The predicted molar refractivity (Wildman–Crippen MR) is 90.1 cm³/mol. The molecule has 2 amide bonds. The van der Waals surface area contributed by atoms with Crippen LogP contribution in [0.1, 0.15) is 46.0 Å². The average molecular weight is 406 g/mol. The fourth-order valence-corrected chi connectivity index (χ4v) is 4.44. The zero-order chi connectivity index (χ0) is 20.9. The van der Waals surface area contributed by atoms with E-state index in [1.807, 2.05) is 0 Å². The number of halogens is 3. The Kier molecular flexibility index (Phi) is 5.37. The van der Waals surface area contributed by atoms with Gasteiger partial charge < -0.3 is 20.1 Å². The molecular weight excluding hydrogens is 381 g/mol. The smallest absolute Gasteiger partial charge is 0.471 e. The van der Waals surface area contributed by atoms with Crippen molar-refractivity contribution in [2.75, 3.05) is 6.54 Å². The zero-order valence-corrected chi connectivity index (χ0v) is 15.8. The molecular formula is C18H25F3N2O5. The van der Waals surface area contributed by atoms with Gasteiger partial charge in [-0.25, -0.2) is 4.79 Å². The number of aliphatic carboxylic acids is 1. The van der Waals surface area contributed by atoms with Gasteiger partial charge in [-0.2, -0.15) is 13.2 Å². The highest BCUT2D eigenvalue weighted by atomic mass is 19.4. The number of carboxylic acids is 1. The Morgan fingerprint density at radius 3 is 2.43 bits per heavy atom. The number of rotatable bonds is 6. The lowest BCUT2D eigenvalue weighted by molar-refractivity contribution is -0.177. The van der Waals surface area contributed by atoms with E-state index < -0.39 is 47.7 Å². The second kappa shape index (κ2) is 7.20. The van der Waals surface area contributed by atoms with Crippen molar-refractivity contribution < 1.29 is 37.4 Å². The number of alkyl halides is 3. The van der Waals surface area contributed by atoms with E-state index in [0.717, 1.165) is 17.7 Å². The first kappa shape index (κ1) is 20.9. The number of nitrogens with zero attached hydrogens (tertiary/aromatic N) is 1. The van der Waals surface area contributed by atoms with E-state index in [4.69, 9.17) is 4.74 Å². The maximum absolute atomic E-state index is 13.1. The molecule has 158 valence electrons. The monoisotopic (exact) mass is 406 g/mol. The molecule has 1 saturated heterocycles. The highest BCUT2D eigenvalue weighted by Gasteiger charge is 2.53. The number of carbonyl (C=O) groups is 3. The van der Waals surface area contributed by atoms with Crippen molar-refractivity contribution in [1.82, 2.24) is 10.2 Å². The number of nitrogens with one attached hydrogen (secondary N) is 1. The van der Waals surface area contributed by atoms with E-state index in [9.17, 15) is 32.7 Å². The highest BCUT2D eigenvalue weighted by Crippen LogP contribution is 2.43. The molecule has 0 aromatic heterocycles. The van der Waals surface area contributed by atoms with Crippen LogP contribution in [0, 0.1) is 11.8 Å². The van der Waals surface area contributed by atoms with E-state index in [1.165, 1.54) is 6.92 Å².